The molecular weight excluding hydrogens is 292 g/mol. The molecule has 0 spiro atoms. The fraction of sp³-hybridized carbons (Fsp3) is 0.556. The SMILES string of the molecule is Cc1ccc(C(=O)NC(C(=O)N2CCOC(C)C2)C(C)C)cc1. The fourth-order valence-corrected chi connectivity index (χ4v) is 2.66. The summed E-state index contributed by atoms with van der Waals surface area (Å²) in [4.78, 5) is 27.0. The van der Waals surface area contributed by atoms with Gasteiger partial charge in [-0.15, -0.1) is 0 Å². The third-order valence-corrected chi connectivity index (χ3v) is 4.09. The van der Waals surface area contributed by atoms with Crippen LogP contribution in [0.1, 0.15) is 36.7 Å². The molecule has 5 nitrogen and oxygen atoms in total. The van der Waals surface area contributed by atoms with Crippen molar-refractivity contribution >= 4 is 11.8 Å². The number of nitrogens with one attached hydrogen (secondary N) is 1. The summed E-state index contributed by atoms with van der Waals surface area (Å²) < 4.78 is 5.48. The second kappa shape index (κ2) is 7.59. The highest BCUT2D eigenvalue weighted by Gasteiger charge is 2.31. The topological polar surface area (TPSA) is 58.6 Å². The Hall–Kier alpha value is -1.88. The second-order valence-electron chi connectivity index (χ2n) is 6.53. The van der Waals surface area contributed by atoms with Gasteiger partial charge in [0.1, 0.15) is 6.04 Å². The Kier molecular flexibility index (Phi) is 5.77. The van der Waals surface area contributed by atoms with Crippen molar-refractivity contribution in [3.63, 3.8) is 0 Å². The molecule has 0 saturated carbocycles. The average Bonchev–Trinajstić information content (AvgIpc) is 2.52. The first-order valence-electron chi connectivity index (χ1n) is 8.16. The summed E-state index contributed by atoms with van der Waals surface area (Å²) in [6.45, 7) is 9.51. The number of hydrogen-bond acceptors (Lipinski definition) is 3. The maximum Gasteiger partial charge on any atom is 0.251 e. The first-order chi connectivity index (χ1) is 10.9. The van der Waals surface area contributed by atoms with Crippen molar-refractivity contribution in [1.82, 2.24) is 10.2 Å². The van der Waals surface area contributed by atoms with Crippen molar-refractivity contribution in [2.24, 2.45) is 5.92 Å². The Labute approximate surface area is 138 Å². The molecular formula is C18H26N2O3. The van der Waals surface area contributed by atoms with E-state index in [1.54, 1.807) is 17.0 Å². The summed E-state index contributed by atoms with van der Waals surface area (Å²) in [5, 5.41) is 2.89. The first-order valence-corrected chi connectivity index (χ1v) is 8.16. The molecule has 23 heavy (non-hydrogen) atoms. The predicted octanol–water partition coefficient (Wildman–Crippen LogP) is 2.00. The molecule has 2 amide bonds. The van der Waals surface area contributed by atoms with E-state index >= 15 is 0 Å². The standard InChI is InChI=1S/C18H26N2O3/c1-12(2)16(18(22)20-9-10-23-14(4)11-20)19-17(21)15-7-5-13(3)6-8-15/h5-8,12,14,16H,9-11H2,1-4H3,(H,19,21). The minimum atomic E-state index is -0.519. The van der Waals surface area contributed by atoms with Gasteiger partial charge in [-0.25, -0.2) is 0 Å². The second-order valence-corrected chi connectivity index (χ2v) is 6.53. The van der Waals surface area contributed by atoms with Crippen molar-refractivity contribution in [2.75, 3.05) is 19.7 Å². The average molecular weight is 318 g/mol. The molecule has 1 aliphatic heterocycles. The van der Waals surface area contributed by atoms with Crippen molar-refractivity contribution in [3.8, 4) is 0 Å². The molecule has 1 heterocycles. The zero-order valence-electron chi connectivity index (χ0n) is 14.3. The van der Waals surface area contributed by atoms with E-state index in [-0.39, 0.29) is 23.8 Å². The minimum Gasteiger partial charge on any atom is -0.375 e. The monoisotopic (exact) mass is 318 g/mol. The minimum absolute atomic E-state index is 0.0232. The zero-order chi connectivity index (χ0) is 17.0. The molecule has 1 aromatic rings. The van der Waals surface area contributed by atoms with Gasteiger partial charge in [-0.2, -0.15) is 0 Å². The first kappa shape index (κ1) is 17.5. The van der Waals surface area contributed by atoms with Crippen molar-refractivity contribution in [1.29, 1.82) is 0 Å². The largest absolute Gasteiger partial charge is 0.375 e. The number of carbonyl (C=O) groups excluding carboxylic acids is 2. The van der Waals surface area contributed by atoms with E-state index in [9.17, 15) is 9.59 Å². The summed E-state index contributed by atoms with van der Waals surface area (Å²) in [5.41, 5.74) is 1.67. The zero-order valence-corrected chi connectivity index (χ0v) is 14.3. The molecule has 5 heteroatoms. The van der Waals surface area contributed by atoms with Crippen LogP contribution in [0.4, 0.5) is 0 Å². The number of aryl methyl sites for hydroxylation is 1. The fourth-order valence-electron chi connectivity index (χ4n) is 2.66. The predicted molar refractivity (Wildman–Crippen MR) is 89.3 cm³/mol. The van der Waals surface area contributed by atoms with E-state index in [0.29, 0.717) is 25.3 Å². The number of benzene rings is 1. The van der Waals surface area contributed by atoms with Crippen LogP contribution < -0.4 is 5.32 Å². The van der Waals surface area contributed by atoms with Crippen LogP contribution >= 0.6 is 0 Å². The highest BCUT2D eigenvalue weighted by atomic mass is 16.5. The van der Waals surface area contributed by atoms with Gasteiger partial charge < -0.3 is 15.0 Å². The Bertz CT molecular complexity index is 554. The molecule has 1 fully saturated rings. The van der Waals surface area contributed by atoms with Gasteiger partial charge in [-0.3, -0.25) is 9.59 Å². The van der Waals surface area contributed by atoms with Gasteiger partial charge >= 0.3 is 0 Å². The van der Waals surface area contributed by atoms with E-state index in [2.05, 4.69) is 5.32 Å². The van der Waals surface area contributed by atoms with E-state index in [0.717, 1.165) is 5.56 Å². The van der Waals surface area contributed by atoms with E-state index < -0.39 is 6.04 Å². The number of morpholine rings is 1. The summed E-state index contributed by atoms with van der Waals surface area (Å²) in [6, 6.07) is 6.83. The highest BCUT2D eigenvalue weighted by Crippen LogP contribution is 2.12. The van der Waals surface area contributed by atoms with Gasteiger partial charge in [0.15, 0.2) is 0 Å². The molecule has 0 radical (unpaired) electrons. The van der Waals surface area contributed by atoms with Crippen LogP contribution in [0.2, 0.25) is 0 Å². The quantitative estimate of drug-likeness (QED) is 0.924. The van der Waals surface area contributed by atoms with Gasteiger partial charge in [0.25, 0.3) is 5.91 Å². The number of nitrogens with zero attached hydrogens (tertiary/aromatic N) is 1. The smallest absolute Gasteiger partial charge is 0.251 e. The maximum absolute atomic E-state index is 12.8. The normalized spacial score (nSPS) is 19.5. The summed E-state index contributed by atoms with van der Waals surface area (Å²) in [5.74, 6) is -0.219. The summed E-state index contributed by atoms with van der Waals surface area (Å²) >= 11 is 0. The Morgan fingerprint density at radius 1 is 1.26 bits per heavy atom. The summed E-state index contributed by atoms with van der Waals surface area (Å²) in [7, 11) is 0. The van der Waals surface area contributed by atoms with Crippen LogP contribution in [-0.2, 0) is 9.53 Å². The van der Waals surface area contributed by atoms with Crippen LogP contribution in [0.15, 0.2) is 24.3 Å². The lowest BCUT2D eigenvalue weighted by molar-refractivity contribution is -0.141. The third-order valence-electron chi connectivity index (χ3n) is 4.09. The molecule has 2 rings (SSSR count). The van der Waals surface area contributed by atoms with Gasteiger partial charge in [0.2, 0.25) is 5.91 Å². The molecule has 1 saturated heterocycles. The van der Waals surface area contributed by atoms with Crippen LogP contribution in [0.3, 0.4) is 0 Å². The number of carbonyl (C=O) groups is 2. The van der Waals surface area contributed by atoms with Crippen LogP contribution in [-0.4, -0.2) is 48.6 Å². The van der Waals surface area contributed by atoms with Crippen molar-refractivity contribution in [3.05, 3.63) is 35.4 Å². The number of rotatable bonds is 4. The Balaban J connectivity index is 2.07. The van der Waals surface area contributed by atoms with E-state index in [1.807, 2.05) is 39.8 Å². The molecule has 1 aliphatic rings. The highest BCUT2D eigenvalue weighted by molar-refractivity contribution is 5.97. The van der Waals surface area contributed by atoms with E-state index in [1.165, 1.54) is 0 Å². The van der Waals surface area contributed by atoms with Gasteiger partial charge in [-0.1, -0.05) is 31.5 Å². The number of ether oxygens (including phenoxy) is 1. The van der Waals surface area contributed by atoms with Crippen molar-refractivity contribution < 1.29 is 14.3 Å². The van der Waals surface area contributed by atoms with E-state index in [4.69, 9.17) is 4.74 Å². The van der Waals surface area contributed by atoms with Crippen molar-refractivity contribution in [2.45, 2.75) is 39.8 Å². The molecule has 2 unspecified atom stereocenters. The molecule has 1 N–H and O–H groups in total. The molecule has 2 atom stereocenters. The lowest BCUT2D eigenvalue weighted by atomic mass is 10.0. The molecule has 0 aliphatic carbocycles. The lowest BCUT2D eigenvalue weighted by Gasteiger charge is -2.35. The van der Waals surface area contributed by atoms with Crippen LogP contribution in [0, 0.1) is 12.8 Å². The number of hydrogen-bond donors (Lipinski definition) is 1. The Morgan fingerprint density at radius 2 is 1.91 bits per heavy atom. The van der Waals surface area contributed by atoms with Crippen LogP contribution in [0.5, 0.6) is 0 Å². The van der Waals surface area contributed by atoms with Gasteiger partial charge in [-0.05, 0) is 31.9 Å². The molecule has 126 valence electrons. The molecule has 0 bridgehead atoms. The Morgan fingerprint density at radius 3 is 2.48 bits per heavy atom. The lowest BCUT2D eigenvalue weighted by Crippen LogP contribution is -2.55. The molecule has 0 aromatic heterocycles. The third kappa shape index (κ3) is 4.55. The van der Waals surface area contributed by atoms with Crippen LogP contribution in [0.25, 0.3) is 0 Å². The van der Waals surface area contributed by atoms with Gasteiger partial charge in [0, 0.05) is 18.7 Å². The summed E-state index contributed by atoms with van der Waals surface area (Å²) in [6.07, 6.45) is 0.0355. The van der Waals surface area contributed by atoms with Gasteiger partial charge in [0.05, 0.1) is 12.7 Å². The maximum atomic E-state index is 12.8. The molecule has 1 aromatic carbocycles. The number of amides is 2.